The van der Waals surface area contributed by atoms with E-state index in [0.29, 0.717) is 24.1 Å². The Morgan fingerprint density at radius 2 is 1.97 bits per heavy atom. The van der Waals surface area contributed by atoms with Crippen LogP contribution >= 0.6 is 11.8 Å². The van der Waals surface area contributed by atoms with Gasteiger partial charge >= 0.3 is 0 Å². The van der Waals surface area contributed by atoms with Crippen molar-refractivity contribution in [2.45, 2.75) is 45.5 Å². The maximum absolute atomic E-state index is 12.4. The van der Waals surface area contributed by atoms with Crippen molar-refractivity contribution >= 4 is 23.4 Å². The highest BCUT2D eigenvalue weighted by atomic mass is 32.2. The van der Waals surface area contributed by atoms with Crippen LogP contribution in [-0.2, 0) is 24.4 Å². The van der Waals surface area contributed by atoms with Crippen molar-refractivity contribution in [3.8, 4) is 5.75 Å². The van der Waals surface area contributed by atoms with E-state index in [2.05, 4.69) is 42.0 Å². The number of carbonyl (C=O) groups excluding carboxylic acids is 1. The normalized spacial score (nSPS) is 10.7. The molecule has 0 aliphatic carbocycles. The van der Waals surface area contributed by atoms with Crippen molar-refractivity contribution in [2.24, 2.45) is 0 Å². The van der Waals surface area contributed by atoms with Crippen molar-refractivity contribution in [3.63, 3.8) is 0 Å². The molecule has 0 spiro atoms. The molecule has 0 fully saturated rings. The topological polar surface area (TPSA) is 69.0 Å². The molecule has 3 aromatic rings. The van der Waals surface area contributed by atoms with Gasteiger partial charge in [-0.05, 0) is 55.2 Å². The second-order valence-electron chi connectivity index (χ2n) is 7.17. The average molecular weight is 437 g/mol. The van der Waals surface area contributed by atoms with Crippen LogP contribution in [0.25, 0.3) is 0 Å². The zero-order valence-electron chi connectivity index (χ0n) is 18.2. The van der Waals surface area contributed by atoms with Crippen LogP contribution in [0.15, 0.2) is 60.3 Å². The number of hydrogen-bond acceptors (Lipinski definition) is 5. The lowest BCUT2D eigenvalue weighted by atomic mass is 10.1. The predicted octanol–water partition coefficient (Wildman–Crippen LogP) is 4.95. The molecule has 0 saturated heterocycles. The minimum atomic E-state index is -0.0874. The molecule has 0 unspecified atom stereocenters. The van der Waals surface area contributed by atoms with Gasteiger partial charge in [0.2, 0.25) is 5.91 Å². The van der Waals surface area contributed by atoms with E-state index in [1.54, 1.807) is 6.08 Å². The molecular formula is C24H28N4O2S. The first kappa shape index (κ1) is 22.6. The summed E-state index contributed by atoms with van der Waals surface area (Å²) in [6.07, 6.45) is 2.75. The second kappa shape index (κ2) is 10.8. The predicted molar refractivity (Wildman–Crippen MR) is 126 cm³/mol. The number of hydrogen-bond donors (Lipinski definition) is 1. The lowest BCUT2D eigenvalue weighted by molar-refractivity contribution is -0.113. The Kier molecular flexibility index (Phi) is 7.89. The van der Waals surface area contributed by atoms with Crippen LogP contribution < -0.4 is 10.1 Å². The van der Waals surface area contributed by atoms with Gasteiger partial charge in [0.25, 0.3) is 0 Å². The van der Waals surface area contributed by atoms with Gasteiger partial charge in [-0.2, -0.15) is 0 Å². The van der Waals surface area contributed by atoms with E-state index in [4.69, 9.17) is 4.74 Å². The van der Waals surface area contributed by atoms with Gasteiger partial charge in [0.15, 0.2) is 11.0 Å². The molecule has 0 radical (unpaired) electrons. The summed E-state index contributed by atoms with van der Waals surface area (Å²) in [5, 5.41) is 12.1. The van der Waals surface area contributed by atoms with Crippen molar-refractivity contribution in [1.29, 1.82) is 0 Å². The van der Waals surface area contributed by atoms with Crippen LogP contribution in [-0.4, -0.2) is 26.4 Å². The first-order valence-electron chi connectivity index (χ1n) is 10.3. The molecule has 1 amide bonds. The molecule has 162 valence electrons. The monoisotopic (exact) mass is 436 g/mol. The van der Waals surface area contributed by atoms with E-state index < -0.39 is 0 Å². The molecule has 0 aliphatic rings. The molecular weight excluding hydrogens is 408 g/mol. The number of thioether (sulfide) groups is 1. The van der Waals surface area contributed by atoms with Crippen molar-refractivity contribution < 1.29 is 9.53 Å². The highest BCUT2D eigenvalue weighted by Crippen LogP contribution is 2.23. The number of anilines is 1. The number of nitrogens with one attached hydrogen (secondary N) is 1. The van der Waals surface area contributed by atoms with Gasteiger partial charge in [-0.3, -0.25) is 9.36 Å². The summed E-state index contributed by atoms with van der Waals surface area (Å²) in [6.45, 7) is 10.9. The van der Waals surface area contributed by atoms with Gasteiger partial charge in [0.05, 0.1) is 5.75 Å². The number of benzene rings is 2. The van der Waals surface area contributed by atoms with E-state index >= 15 is 0 Å². The van der Waals surface area contributed by atoms with E-state index in [1.165, 1.54) is 22.9 Å². The van der Waals surface area contributed by atoms with E-state index in [9.17, 15) is 4.79 Å². The summed E-state index contributed by atoms with van der Waals surface area (Å²) in [7, 11) is 0. The van der Waals surface area contributed by atoms with Gasteiger partial charge in [-0.25, -0.2) is 0 Å². The fourth-order valence-corrected chi connectivity index (χ4v) is 3.79. The van der Waals surface area contributed by atoms with Gasteiger partial charge in [0.1, 0.15) is 12.4 Å². The van der Waals surface area contributed by atoms with Gasteiger partial charge in [-0.15, -0.1) is 16.8 Å². The molecule has 3 rings (SSSR count). The molecule has 1 heterocycles. The van der Waals surface area contributed by atoms with Crippen LogP contribution in [0.4, 0.5) is 5.69 Å². The van der Waals surface area contributed by atoms with Gasteiger partial charge in [0, 0.05) is 12.2 Å². The molecule has 31 heavy (non-hydrogen) atoms. The standard InChI is InChI=1S/C24H28N4O2S/c1-5-14-28-22(15-30-21-9-7-8-17(3)18(21)4)26-27-24(28)31-16-23(29)25-20-12-10-19(6-2)11-13-20/h5,7-13H,1,6,14-16H2,2-4H3,(H,25,29). The number of amides is 1. The fourth-order valence-electron chi connectivity index (χ4n) is 3.02. The quantitative estimate of drug-likeness (QED) is 0.360. The second-order valence-corrected chi connectivity index (χ2v) is 8.11. The van der Waals surface area contributed by atoms with E-state index in [-0.39, 0.29) is 11.7 Å². The van der Waals surface area contributed by atoms with Crippen LogP contribution in [0.5, 0.6) is 5.75 Å². The fraction of sp³-hybridized carbons (Fsp3) is 0.292. The first-order chi connectivity index (χ1) is 15.0. The molecule has 0 saturated carbocycles. The Balaban J connectivity index is 1.61. The Labute approximate surface area is 187 Å². The molecule has 7 heteroatoms. The summed E-state index contributed by atoms with van der Waals surface area (Å²) in [5.41, 5.74) is 4.31. The maximum atomic E-state index is 12.4. The molecule has 0 atom stereocenters. The maximum Gasteiger partial charge on any atom is 0.234 e. The number of carbonyl (C=O) groups is 1. The van der Waals surface area contributed by atoms with E-state index in [1.807, 2.05) is 47.9 Å². The van der Waals surface area contributed by atoms with Crippen molar-refractivity contribution in [2.75, 3.05) is 11.1 Å². The Morgan fingerprint density at radius 1 is 1.19 bits per heavy atom. The molecule has 0 aliphatic heterocycles. The third-order valence-corrected chi connectivity index (χ3v) is 5.96. The van der Waals surface area contributed by atoms with Crippen LogP contribution in [0.3, 0.4) is 0 Å². The number of allylic oxidation sites excluding steroid dienone is 1. The highest BCUT2D eigenvalue weighted by Gasteiger charge is 2.15. The SMILES string of the molecule is C=CCn1c(COc2cccc(C)c2C)nnc1SCC(=O)Nc1ccc(CC)cc1. The number of ether oxygens (including phenoxy) is 1. The largest absolute Gasteiger partial charge is 0.485 e. The van der Waals surface area contributed by atoms with Gasteiger partial charge < -0.3 is 10.1 Å². The van der Waals surface area contributed by atoms with Crippen molar-refractivity contribution in [3.05, 3.63) is 77.6 Å². The number of nitrogens with zero attached hydrogens (tertiary/aromatic N) is 3. The summed E-state index contributed by atoms with van der Waals surface area (Å²) in [4.78, 5) is 12.4. The van der Waals surface area contributed by atoms with Crippen LogP contribution in [0, 0.1) is 13.8 Å². The zero-order valence-corrected chi connectivity index (χ0v) is 19.0. The Hall–Kier alpha value is -3.06. The summed E-state index contributed by atoms with van der Waals surface area (Å²) < 4.78 is 7.90. The van der Waals surface area contributed by atoms with Gasteiger partial charge in [-0.1, -0.05) is 49.0 Å². The van der Waals surface area contributed by atoms with E-state index in [0.717, 1.165) is 23.4 Å². The molecule has 1 aromatic heterocycles. The lowest BCUT2D eigenvalue weighted by Gasteiger charge is -2.12. The summed E-state index contributed by atoms with van der Waals surface area (Å²) in [6, 6.07) is 13.9. The highest BCUT2D eigenvalue weighted by molar-refractivity contribution is 7.99. The zero-order chi connectivity index (χ0) is 22.2. The molecule has 2 aromatic carbocycles. The third kappa shape index (κ3) is 5.98. The molecule has 1 N–H and O–H groups in total. The molecule has 6 nitrogen and oxygen atoms in total. The average Bonchev–Trinajstić information content (AvgIpc) is 3.15. The Morgan fingerprint density at radius 3 is 2.68 bits per heavy atom. The lowest BCUT2D eigenvalue weighted by Crippen LogP contribution is -2.15. The summed E-state index contributed by atoms with van der Waals surface area (Å²) in [5.74, 6) is 1.67. The van der Waals surface area contributed by atoms with Crippen molar-refractivity contribution in [1.82, 2.24) is 14.8 Å². The number of aromatic nitrogens is 3. The van der Waals surface area contributed by atoms with Crippen LogP contribution in [0.1, 0.15) is 29.4 Å². The third-order valence-electron chi connectivity index (χ3n) is 5.00. The van der Waals surface area contributed by atoms with Crippen LogP contribution in [0.2, 0.25) is 0 Å². The number of rotatable bonds is 10. The smallest absolute Gasteiger partial charge is 0.234 e. The Bertz CT molecular complexity index is 1040. The minimum absolute atomic E-state index is 0.0874. The summed E-state index contributed by atoms with van der Waals surface area (Å²) >= 11 is 1.34. The number of aryl methyl sites for hydroxylation is 2. The minimum Gasteiger partial charge on any atom is -0.485 e. The first-order valence-corrected chi connectivity index (χ1v) is 11.2. The molecule has 0 bridgehead atoms.